The highest BCUT2D eigenvalue weighted by molar-refractivity contribution is 8.18. The van der Waals surface area contributed by atoms with Crippen LogP contribution in [-0.2, 0) is 4.79 Å². The third kappa shape index (κ3) is 3.17. The van der Waals surface area contributed by atoms with Crippen LogP contribution in [0.25, 0.3) is 28.2 Å². The number of amides is 2. The maximum atomic E-state index is 11.7. The van der Waals surface area contributed by atoms with Gasteiger partial charge in [0.25, 0.3) is 11.1 Å². The van der Waals surface area contributed by atoms with Crippen molar-refractivity contribution < 1.29 is 14.0 Å². The van der Waals surface area contributed by atoms with E-state index in [4.69, 9.17) is 4.42 Å². The lowest BCUT2D eigenvalue weighted by Crippen LogP contribution is -2.17. The van der Waals surface area contributed by atoms with Crippen LogP contribution in [0, 0.1) is 0 Å². The summed E-state index contributed by atoms with van der Waals surface area (Å²) in [5.41, 5.74) is 2.17. The number of rotatable bonds is 4. The molecule has 3 aromatic heterocycles. The molecule has 1 aliphatic heterocycles. The van der Waals surface area contributed by atoms with Gasteiger partial charge < -0.3 is 9.73 Å². The van der Waals surface area contributed by atoms with Gasteiger partial charge in [0.15, 0.2) is 0 Å². The molecule has 5 rings (SSSR count). The standard InChI is InChI=1S/C18H13N5O3S/c24-16-14(27-18(25)23-16)4-12-3-9-5-19-8-13(15(9)26-12)10-6-20-17(21-7-10)22-11-1-2-11/h3-8,11H,1-2H2,(H,20,21,22)(H,23,24,25)/b14-4+. The Kier molecular flexibility index (Phi) is 3.68. The molecule has 0 unspecified atom stereocenters. The fraction of sp³-hybridized carbons (Fsp3) is 0.167. The second kappa shape index (κ2) is 6.20. The maximum absolute atomic E-state index is 11.7. The minimum absolute atomic E-state index is 0.299. The predicted octanol–water partition coefficient (Wildman–Crippen LogP) is 3.18. The average Bonchev–Trinajstić information content (AvgIpc) is 3.28. The van der Waals surface area contributed by atoms with Gasteiger partial charge in [0, 0.05) is 53.4 Å². The van der Waals surface area contributed by atoms with Crippen LogP contribution in [0.2, 0.25) is 0 Å². The van der Waals surface area contributed by atoms with Crippen LogP contribution >= 0.6 is 11.8 Å². The Hall–Kier alpha value is -3.20. The van der Waals surface area contributed by atoms with Gasteiger partial charge in [-0.3, -0.25) is 19.9 Å². The Labute approximate surface area is 157 Å². The Morgan fingerprint density at radius 3 is 2.70 bits per heavy atom. The summed E-state index contributed by atoms with van der Waals surface area (Å²) in [7, 11) is 0. The minimum Gasteiger partial charge on any atom is -0.456 e. The van der Waals surface area contributed by atoms with Gasteiger partial charge in [-0.05, 0) is 30.7 Å². The SMILES string of the molecule is O=C1NC(=O)/C(=C\c2cc3cncc(-c4cnc(NC5CC5)nc4)c3o2)S1. The normalized spacial score (nSPS) is 18.3. The lowest BCUT2D eigenvalue weighted by Gasteiger charge is -2.04. The molecule has 0 bridgehead atoms. The van der Waals surface area contributed by atoms with E-state index in [-0.39, 0.29) is 5.24 Å². The van der Waals surface area contributed by atoms with Crippen molar-refractivity contribution in [2.75, 3.05) is 5.32 Å². The van der Waals surface area contributed by atoms with Crippen molar-refractivity contribution in [2.24, 2.45) is 0 Å². The number of furan rings is 1. The number of carbonyl (C=O) groups excluding carboxylic acids is 2. The molecule has 0 spiro atoms. The van der Waals surface area contributed by atoms with Crippen molar-refractivity contribution >= 4 is 45.9 Å². The van der Waals surface area contributed by atoms with Crippen LogP contribution in [0.4, 0.5) is 10.7 Å². The smallest absolute Gasteiger partial charge is 0.290 e. The Bertz CT molecular complexity index is 1100. The van der Waals surface area contributed by atoms with Crippen molar-refractivity contribution in [1.29, 1.82) is 0 Å². The summed E-state index contributed by atoms with van der Waals surface area (Å²) in [6, 6.07) is 2.26. The number of hydrogen-bond donors (Lipinski definition) is 2. The van der Waals surface area contributed by atoms with Crippen molar-refractivity contribution in [3.63, 3.8) is 0 Å². The quantitative estimate of drug-likeness (QED) is 0.665. The Balaban J connectivity index is 1.50. The highest BCUT2D eigenvalue weighted by Crippen LogP contribution is 2.32. The molecule has 2 N–H and O–H groups in total. The van der Waals surface area contributed by atoms with E-state index in [0.717, 1.165) is 41.1 Å². The van der Waals surface area contributed by atoms with E-state index in [1.165, 1.54) is 0 Å². The summed E-state index contributed by atoms with van der Waals surface area (Å²) in [4.78, 5) is 36.3. The summed E-state index contributed by atoms with van der Waals surface area (Å²) in [6.45, 7) is 0. The summed E-state index contributed by atoms with van der Waals surface area (Å²) >= 11 is 0.849. The number of pyridine rings is 1. The number of fused-ring (bicyclic) bond motifs is 1. The first-order valence-electron chi connectivity index (χ1n) is 8.37. The van der Waals surface area contributed by atoms with E-state index in [9.17, 15) is 9.59 Å². The van der Waals surface area contributed by atoms with E-state index in [1.54, 1.807) is 36.9 Å². The number of thioether (sulfide) groups is 1. The van der Waals surface area contributed by atoms with Crippen LogP contribution < -0.4 is 10.6 Å². The average molecular weight is 379 g/mol. The van der Waals surface area contributed by atoms with Crippen molar-refractivity contribution in [1.82, 2.24) is 20.3 Å². The molecule has 4 heterocycles. The molecule has 2 amide bonds. The third-order valence-corrected chi connectivity index (χ3v) is 5.04. The van der Waals surface area contributed by atoms with Gasteiger partial charge in [0.1, 0.15) is 11.3 Å². The molecule has 1 saturated carbocycles. The molecule has 1 saturated heterocycles. The highest BCUT2D eigenvalue weighted by Gasteiger charge is 2.26. The fourth-order valence-electron chi connectivity index (χ4n) is 2.76. The number of hydrogen-bond acceptors (Lipinski definition) is 8. The predicted molar refractivity (Wildman–Crippen MR) is 101 cm³/mol. The van der Waals surface area contributed by atoms with E-state index in [0.29, 0.717) is 28.2 Å². The topological polar surface area (TPSA) is 110 Å². The number of carbonyl (C=O) groups is 2. The van der Waals surface area contributed by atoms with Crippen LogP contribution in [0.5, 0.6) is 0 Å². The van der Waals surface area contributed by atoms with Gasteiger partial charge in [-0.2, -0.15) is 0 Å². The Morgan fingerprint density at radius 1 is 1.19 bits per heavy atom. The highest BCUT2D eigenvalue weighted by atomic mass is 32.2. The zero-order chi connectivity index (χ0) is 18.4. The van der Waals surface area contributed by atoms with E-state index < -0.39 is 5.91 Å². The number of aromatic nitrogens is 3. The van der Waals surface area contributed by atoms with Crippen LogP contribution in [0.1, 0.15) is 18.6 Å². The van der Waals surface area contributed by atoms with Crippen molar-refractivity contribution in [3.05, 3.63) is 41.5 Å². The van der Waals surface area contributed by atoms with E-state index in [2.05, 4.69) is 25.6 Å². The van der Waals surface area contributed by atoms with Gasteiger partial charge in [-0.25, -0.2) is 9.97 Å². The van der Waals surface area contributed by atoms with Gasteiger partial charge in [0.05, 0.1) is 4.91 Å². The summed E-state index contributed by atoms with van der Waals surface area (Å²) < 4.78 is 5.91. The molecule has 1 aliphatic carbocycles. The van der Waals surface area contributed by atoms with Gasteiger partial charge in [0.2, 0.25) is 5.95 Å². The largest absolute Gasteiger partial charge is 0.456 e. The summed E-state index contributed by atoms with van der Waals surface area (Å²) in [6.07, 6.45) is 10.7. The molecule has 0 radical (unpaired) electrons. The molecule has 2 fully saturated rings. The molecule has 2 aliphatic rings. The third-order valence-electron chi connectivity index (χ3n) is 4.23. The second-order valence-corrected chi connectivity index (χ2v) is 7.34. The molecule has 134 valence electrons. The van der Waals surface area contributed by atoms with Gasteiger partial charge in [-0.1, -0.05) is 0 Å². The van der Waals surface area contributed by atoms with Crippen molar-refractivity contribution in [3.8, 4) is 11.1 Å². The first kappa shape index (κ1) is 16.0. The van der Waals surface area contributed by atoms with Crippen LogP contribution in [-0.4, -0.2) is 32.1 Å². The molecule has 27 heavy (non-hydrogen) atoms. The van der Waals surface area contributed by atoms with Crippen molar-refractivity contribution in [2.45, 2.75) is 18.9 Å². The monoisotopic (exact) mass is 379 g/mol. The van der Waals surface area contributed by atoms with Gasteiger partial charge in [-0.15, -0.1) is 0 Å². The first-order chi connectivity index (χ1) is 13.2. The maximum Gasteiger partial charge on any atom is 0.290 e. The molecule has 0 atom stereocenters. The molecule has 0 aromatic carbocycles. The van der Waals surface area contributed by atoms with E-state index in [1.807, 2.05) is 0 Å². The number of imide groups is 1. The van der Waals surface area contributed by atoms with Crippen LogP contribution in [0.3, 0.4) is 0 Å². The lowest BCUT2D eigenvalue weighted by atomic mass is 10.1. The lowest BCUT2D eigenvalue weighted by molar-refractivity contribution is -0.115. The van der Waals surface area contributed by atoms with E-state index >= 15 is 0 Å². The summed E-state index contributed by atoms with van der Waals surface area (Å²) in [5, 5.41) is 5.87. The second-order valence-electron chi connectivity index (χ2n) is 6.32. The minimum atomic E-state index is -0.420. The molecule has 8 nitrogen and oxygen atoms in total. The first-order valence-corrected chi connectivity index (χ1v) is 9.19. The zero-order valence-corrected chi connectivity index (χ0v) is 14.7. The number of anilines is 1. The number of nitrogens with zero attached hydrogens (tertiary/aromatic N) is 3. The number of nitrogens with one attached hydrogen (secondary N) is 2. The summed E-state index contributed by atoms with van der Waals surface area (Å²) in [5.74, 6) is 0.663. The van der Waals surface area contributed by atoms with Gasteiger partial charge >= 0.3 is 0 Å². The van der Waals surface area contributed by atoms with Crippen LogP contribution in [0.15, 0.2) is 40.2 Å². The molecular weight excluding hydrogens is 366 g/mol. The Morgan fingerprint density at radius 2 is 2.00 bits per heavy atom. The molecular formula is C18H13N5O3S. The molecule has 9 heteroatoms. The zero-order valence-electron chi connectivity index (χ0n) is 13.9. The molecule has 3 aromatic rings. The fourth-order valence-corrected chi connectivity index (χ4v) is 3.42.